The van der Waals surface area contributed by atoms with E-state index in [1.165, 1.54) is 26.4 Å². The van der Waals surface area contributed by atoms with Crippen LogP contribution in [0.25, 0.3) is 0 Å². The highest BCUT2D eigenvalue weighted by molar-refractivity contribution is 7.10. The van der Waals surface area contributed by atoms with E-state index in [4.69, 9.17) is 0 Å². The van der Waals surface area contributed by atoms with Crippen LogP contribution in [0.15, 0.2) is 53.2 Å². The molecule has 0 amide bonds. The molecule has 0 saturated heterocycles. The van der Waals surface area contributed by atoms with Crippen molar-refractivity contribution in [2.24, 2.45) is 0 Å². The molecule has 1 aromatic carbocycles. The van der Waals surface area contributed by atoms with E-state index >= 15 is 0 Å². The fourth-order valence-corrected chi connectivity index (χ4v) is 2.89. The molecule has 0 fully saturated rings. The van der Waals surface area contributed by atoms with E-state index in [0.717, 1.165) is 0 Å². The maximum Gasteiger partial charge on any atom is 0.00433 e. The summed E-state index contributed by atoms with van der Waals surface area (Å²) >= 11 is 3.61. The van der Waals surface area contributed by atoms with Gasteiger partial charge in [0.1, 0.15) is 0 Å². The molecule has 0 saturated carbocycles. The average Bonchev–Trinajstić information content (AvgIpc) is 3.42. The van der Waals surface area contributed by atoms with E-state index in [0.29, 0.717) is 0 Å². The highest BCUT2D eigenvalue weighted by Gasteiger charge is 1.87. The van der Waals surface area contributed by atoms with Crippen molar-refractivity contribution in [1.29, 1.82) is 0 Å². The first-order valence-corrected chi connectivity index (χ1v) is 13.8. The summed E-state index contributed by atoms with van der Waals surface area (Å²) in [6, 6.07) is 14.5. The lowest BCUT2D eigenvalue weighted by atomic mass is 10.2. The molecule has 198 valence electrons. The first-order chi connectivity index (χ1) is 15.0. The van der Waals surface area contributed by atoms with Gasteiger partial charge in [-0.25, -0.2) is 0 Å². The van der Waals surface area contributed by atoms with Gasteiger partial charge in [0.2, 0.25) is 0 Å². The van der Waals surface area contributed by atoms with Crippen LogP contribution in [0.3, 0.4) is 0 Å². The van der Waals surface area contributed by atoms with Crippen molar-refractivity contribution < 1.29 is 0 Å². The van der Waals surface area contributed by atoms with Gasteiger partial charge in [-0.2, -0.15) is 0 Å². The van der Waals surface area contributed by atoms with Crippen LogP contribution in [0, 0.1) is 34.6 Å². The monoisotopic (exact) mass is 498 g/mol. The van der Waals surface area contributed by atoms with Crippen LogP contribution in [0.1, 0.15) is 111 Å². The van der Waals surface area contributed by atoms with Gasteiger partial charge in [0.25, 0.3) is 0 Å². The molecule has 33 heavy (non-hydrogen) atoms. The highest BCUT2D eigenvalue weighted by Crippen LogP contribution is 2.12. The van der Waals surface area contributed by atoms with Crippen LogP contribution in [0.4, 0.5) is 0 Å². The third-order valence-electron chi connectivity index (χ3n) is 3.18. The zero-order valence-corrected chi connectivity index (χ0v) is 25.1. The van der Waals surface area contributed by atoms with Gasteiger partial charge < -0.3 is 0 Å². The summed E-state index contributed by atoms with van der Waals surface area (Å²) in [5.74, 6) is 0. The number of hydrogen-bond donors (Lipinski definition) is 0. The first-order valence-electron chi connectivity index (χ1n) is 12.0. The summed E-state index contributed by atoms with van der Waals surface area (Å²) in [7, 11) is 0. The molecular formula is C31H62S2. The summed E-state index contributed by atoms with van der Waals surface area (Å²) in [5.41, 5.74) is 4.14. The maximum atomic E-state index is 2.14. The molecule has 2 heteroatoms. The van der Waals surface area contributed by atoms with Crippen LogP contribution in [0.2, 0.25) is 0 Å². The van der Waals surface area contributed by atoms with Gasteiger partial charge in [0.05, 0.1) is 0 Å². The van der Waals surface area contributed by atoms with Crippen LogP contribution in [0.5, 0.6) is 0 Å². The van der Waals surface area contributed by atoms with Crippen molar-refractivity contribution in [3.8, 4) is 0 Å². The maximum absolute atomic E-state index is 2.14. The number of aryl methyl sites for hydroxylation is 5. The Hall–Kier alpha value is -1.38. The van der Waals surface area contributed by atoms with Gasteiger partial charge in [-0.1, -0.05) is 120 Å². The Labute approximate surface area is 220 Å². The number of benzene rings is 1. The van der Waals surface area contributed by atoms with Crippen molar-refractivity contribution in [2.75, 3.05) is 0 Å². The van der Waals surface area contributed by atoms with Crippen LogP contribution < -0.4 is 0 Å². The standard InChI is InChI=1S/C7H8.2C6H8S.5C2H6.2CH4/c1-7-5-3-2-4-6-7;2*1-5-3-4-7-6(5)2;5*1-2;;/h2-6H,1H3;2*3-4H,1-2H3;5*1-2H3;2*1H4. The van der Waals surface area contributed by atoms with Gasteiger partial charge in [-0.15, -0.1) is 22.7 Å². The second-order valence-electron chi connectivity index (χ2n) is 4.97. The fraction of sp³-hybridized carbons (Fsp3) is 0.548. The molecule has 0 bridgehead atoms. The topological polar surface area (TPSA) is 0 Å². The number of hydrogen-bond acceptors (Lipinski definition) is 2. The lowest BCUT2D eigenvalue weighted by molar-refractivity contribution is 1.44. The smallest absolute Gasteiger partial charge is 0.00433 e. The normalized spacial score (nSPS) is 6.76. The SMILES string of the molecule is C.C.CC.CC.CC.CC.CC.Cc1ccccc1.Cc1ccsc1C.Cc1ccsc1C. The Morgan fingerprint density at radius 2 is 0.697 bits per heavy atom. The number of thiophene rings is 2. The molecular weight excluding hydrogens is 436 g/mol. The zero-order chi connectivity index (χ0) is 25.7. The van der Waals surface area contributed by atoms with E-state index < -0.39 is 0 Å². The molecule has 3 rings (SSSR count). The molecule has 0 atom stereocenters. The molecule has 2 aromatic heterocycles. The highest BCUT2D eigenvalue weighted by atomic mass is 32.1. The van der Waals surface area contributed by atoms with Crippen molar-refractivity contribution in [1.82, 2.24) is 0 Å². The quantitative estimate of drug-likeness (QED) is 0.289. The summed E-state index contributed by atoms with van der Waals surface area (Å²) in [4.78, 5) is 2.86. The molecule has 0 nitrogen and oxygen atoms in total. The van der Waals surface area contributed by atoms with Gasteiger partial charge >= 0.3 is 0 Å². The Morgan fingerprint density at radius 3 is 0.788 bits per heavy atom. The van der Waals surface area contributed by atoms with E-state index in [1.807, 2.05) is 87.4 Å². The van der Waals surface area contributed by atoms with Crippen molar-refractivity contribution in [3.05, 3.63) is 79.7 Å². The lowest BCUT2D eigenvalue weighted by Gasteiger charge is -1.82. The predicted molar refractivity (Wildman–Crippen MR) is 169 cm³/mol. The minimum Gasteiger partial charge on any atom is -0.149 e. The summed E-state index contributed by atoms with van der Waals surface area (Å²) in [6.45, 7) is 30.6. The summed E-state index contributed by atoms with van der Waals surface area (Å²) < 4.78 is 0. The Kier molecular flexibility index (Phi) is 65.7. The first kappa shape index (κ1) is 48.9. The van der Waals surface area contributed by atoms with Gasteiger partial charge in [0, 0.05) is 9.75 Å². The fourth-order valence-electron chi connectivity index (χ4n) is 1.43. The van der Waals surface area contributed by atoms with E-state index in [1.54, 1.807) is 22.7 Å². The van der Waals surface area contributed by atoms with Crippen molar-refractivity contribution in [3.63, 3.8) is 0 Å². The largest absolute Gasteiger partial charge is 0.149 e. The molecule has 0 radical (unpaired) electrons. The Morgan fingerprint density at radius 1 is 0.424 bits per heavy atom. The molecule has 0 spiro atoms. The Bertz CT molecular complexity index is 548. The molecule has 2 heterocycles. The second-order valence-corrected chi connectivity index (χ2v) is 7.21. The van der Waals surface area contributed by atoms with Gasteiger partial charge in [-0.3, -0.25) is 0 Å². The predicted octanol–water partition coefficient (Wildman–Crippen LogP) is 13.1. The van der Waals surface area contributed by atoms with E-state index in [9.17, 15) is 0 Å². The summed E-state index contributed by atoms with van der Waals surface area (Å²) in [6.07, 6.45) is 0. The average molecular weight is 499 g/mol. The summed E-state index contributed by atoms with van der Waals surface area (Å²) in [5, 5.41) is 4.23. The number of rotatable bonds is 0. The van der Waals surface area contributed by atoms with Gasteiger partial charge in [0.15, 0.2) is 0 Å². The Balaban J connectivity index is -0.0000000504. The van der Waals surface area contributed by atoms with Crippen LogP contribution in [-0.4, -0.2) is 0 Å². The zero-order valence-electron chi connectivity index (χ0n) is 23.5. The third kappa shape index (κ3) is 35.4. The third-order valence-corrected chi connectivity index (χ3v) is 5.07. The van der Waals surface area contributed by atoms with E-state index in [-0.39, 0.29) is 14.9 Å². The minimum absolute atomic E-state index is 0. The molecule has 0 aliphatic rings. The molecule has 0 aliphatic carbocycles. The molecule has 0 N–H and O–H groups in total. The molecule has 0 aliphatic heterocycles. The molecule has 0 unspecified atom stereocenters. The van der Waals surface area contributed by atoms with Crippen LogP contribution in [-0.2, 0) is 0 Å². The second kappa shape index (κ2) is 44.3. The lowest BCUT2D eigenvalue weighted by Crippen LogP contribution is -1.62. The van der Waals surface area contributed by atoms with Crippen LogP contribution >= 0.6 is 22.7 Å². The minimum atomic E-state index is 0. The van der Waals surface area contributed by atoms with Crippen molar-refractivity contribution >= 4 is 22.7 Å². The van der Waals surface area contributed by atoms with Gasteiger partial charge in [-0.05, 0) is 68.6 Å². The molecule has 3 aromatic rings. The van der Waals surface area contributed by atoms with Crippen molar-refractivity contribution in [2.45, 2.75) is 119 Å². The van der Waals surface area contributed by atoms with E-state index in [2.05, 4.69) is 69.6 Å².